The lowest BCUT2D eigenvalue weighted by atomic mass is 10.0. The molecule has 2 rings (SSSR count). The average Bonchev–Trinajstić information content (AvgIpc) is 2.92. The van der Waals surface area contributed by atoms with E-state index in [9.17, 15) is 4.79 Å². The first-order valence-electron chi connectivity index (χ1n) is 7.44. The average molecular weight is 253 g/mol. The molecule has 1 atom stereocenters. The van der Waals surface area contributed by atoms with Crippen molar-refractivity contribution in [3.05, 3.63) is 0 Å². The van der Waals surface area contributed by atoms with Gasteiger partial charge in [0.2, 0.25) is 5.91 Å². The summed E-state index contributed by atoms with van der Waals surface area (Å²) < 4.78 is 0. The van der Waals surface area contributed by atoms with Crippen LogP contribution < -0.4 is 5.32 Å². The molecule has 0 saturated carbocycles. The molecule has 2 fully saturated rings. The predicted octanol–water partition coefficient (Wildman–Crippen LogP) is 1.07. The molecule has 2 aliphatic heterocycles. The van der Waals surface area contributed by atoms with Crippen LogP contribution in [0.2, 0.25) is 0 Å². The molecule has 1 N–H and O–H groups in total. The highest BCUT2D eigenvalue weighted by Crippen LogP contribution is 2.18. The lowest BCUT2D eigenvalue weighted by Gasteiger charge is -2.37. The highest BCUT2D eigenvalue weighted by atomic mass is 16.2. The van der Waals surface area contributed by atoms with E-state index in [1.165, 1.54) is 13.0 Å². The van der Waals surface area contributed by atoms with E-state index < -0.39 is 0 Å². The van der Waals surface area contributed by atoms with Gasteiger partial charge in [0.1, 0.15) is 0 Å². The van der Waals surface area contributed by atoms with E-state index >= 15 is 0 Å². The van der Waals surface area contributed by atoms with E-state index in [0.717, 1.165) is 45.3 Å². The van der Waals surface area contributed by atoms with Crippen LogP contribution in [-0.2, 0) is 4.79 Å². The molecule has 0 aromatic carbocycles. The largest absolute Gasteiger partial charge is 0.341 e. The van der Waals surface area contributed by atoms with E-state index in [-0.39, 0.29) is 6.04 Å². The van der Waals surface area contributed by atoms with Gasteiger partial charge in [-0.25, -0.2) is 0 Å². The minimum atomic E-state index is 0.0867. The van der Waals surface area contributed by atoms with Gasteiger partial charge < -0.3 is 15.1 Å². The van der Waals surface area contributed by atoms with Crippen molar-refractivity contribution in [2.24, 2.45) is 0 Å². The molecule has 2 heterocycles. The smallest absolute Gasteiger partial charge is 0.239 e. The van der Waals surface area contributed by atoms with E-state index in [2.05, 4.69) is 17.1 Å². The molecule has 0 aromatic heterocycles. The van der Waals surface area contributed by atoms with E-state index in [1.54, 1.807) is 0 Å². The second-order valence-corrected chi connectivity index (χ2v) is 5.67. The van der Waals surface area contributed by atoms with Crippen LogP contribution in [-0.4, -0.2) is 61.0 Å². The summed E-state index contributed by atoms with van der Waals surface area (Å²) in [5.74, 6) is 0.307. The molecule has 0 unspecified atom stereocenters. The van der Waals surface area contributed by atoms with Gasteiger partial charge in [-0.15, -0.1) is 0 Å². The van der Waals surface area contributed by atoms with Crippen molar-refractivity contribution in [3.63, 3.8) is 0 Å². The Morgan fingerprint density at radius 3 is 2.61 bits per heavy atom. The topological polar surface area (TPSA) is 35.6 Å². The zero-order chi connectivity index (χ0) is 13.0. The van der Waals surface area contributed by atoms with Gasteiger partial charge in [-0.05, 0) is 45.2 Å². The number of carbonyl (C=O) groups is 1. The van der Waals surface area contributed by atoms with Crippen molar-refractivity contribution in [1.82, 2.24) is 15.1 Å². The molecule has 0 aliphatic carbocycles. The summed E-state index contributed by atoms with van der Waals surface area (Å²) in [6.07, 6.45) is 5.65. The fourth-order valence-electron chi connectivity index (χ4n) is 3.17. The third-order valence-electron chi connectivity index (χ3n) is 4.35. The van der Waals surface area contributed by atoms with Crippen LogP contribution >= 0.6 is 0 Å². The minimum absolute atomic E-state index is 0.0867. The maximum Gasteiger partial charge on any atom is 0.239 e. The quantitative estimate of drug-likeness (QED) is 0.814. The lowest BCUT2D eigenvalue weighted by Crippen LogP contribution is -2.50. The van der Waals surface area contributed by atoms with Crippen LogP contribution in [0, 0.1) is 0 Å². The van der Waals surface area contributed by atoms with Gasteiger partial charge in [0.15, 0.2) is 0 Å². The molecule has 18 heavy (non-hydrogen) atoms. The van der Waals surface area contributed by atoms with Gasteiger partial charge in [-0.3, -0.25) is 4.79 Å². The summed E-state index contributed by atoms with van der Waals surface area (Å²) >= 11 is 0. The standard InChI is InChI=1S/C14H27N3O/c1-3-9-17-10-6-12(7-11-17)16(2)14(18)13-5-4-8-15-13/h12-13,15H,3-11H2,1-2H3/t13-/m0/s1. The van der Waals surface area contributed by atoms with Crippen LogP contribution in [0.5, 0.6) is 0 Å². The first-order valence-corrected chi connectivity index (χ1v) is 7.44. The molecule has 2 aliphatic rings. The molecular formula is C14H27N3O. The number of nitrogens with one attached hydrogen (secondary N) is 1. The van der Waals surface area contributed by atoms with E-state index in [1.807, 2.05) is 11.9 Å². The summed E-state index contributed by atoms with van der Waals surface area (Å²) in [4.78, 5) is 16.8. The van der Waals surface area contributed by atoms with Crippen LogP contribution in [0.25, 0.3) is 0 Å². The maximum absolute atomic E-state index is 12.3. The van der Waals surface area contributed by atoms with E-state index in [0.29, 0.717) is 11.9 Å². The van der Waals surface area contributed by atoms with Crippen LogP contribution in [0.3, 0.4) is 0 Å². The number of likely N-dealkylation sites (tertiary alicyclic amines) is 1. The predicted molar refractivity (Wildman–Crippen MR) is 73.5 cm³/mol. The lowest BCUT2D eigenvalue weighted by molar-refractivity contribution is -0.134. The molecule has 2 saturated heterocycles. The van der Waals surface area contributed by atoms with Crippen molar-refractivity contribution >= 4 is 5.91 Å². The van der Waals surface area contributed by atoms with Gasteiger partial charge in [-0.2, -0.15) is 0 Å². The van der Waals surface area contributed by atoms with Gasteiger partial charge in [0.05, 0.1) is 6.04 Å². The highest BCUT2D eigenvalue weighted by molar-refractivity contribution is 5.82. The molecular weight excluding hydrogens is 226 g/mol. The van der Waals surface area contributed by atoms with Gasteiger partial charge in [-0.1, -0.05) is 6.92 Å². The Labute approximate surface area is 111 Å². The Hall–Kier alpha value is -0.610. The zero-order valence-electron chi connectivity index (χ0n) is 11.8. The fraction of sp³-hybridized carbons (Fsp3) is 0.929. The van der Waals surface area contributed by atoms with Crippen molar-refractivity contribution < 1.29 is 4.79 Å². The van der Waals surface area contributed by atoms with Crippen molar-refractivity contribution in [2.45, 2.75) is 51.1 Å². The summed E-state index contributed by atoms with van der Waals surface area (Å²) in [6.45, 7) is 6.73. The number of piperidine rings is 1. The number of hydrogen-bond acceptors (Lipinski definition) is 3. The summed E-state index contributed by atoms with van der Waals surface area (Å²) in [6, 6.07) is 0.539. The Morgan fingerprint density at radius 2 is 2.06 bits per heavy atom. The monoisotopic (exact) mass is 253 g/mol. The van der Waals surface area contributed by atoms with Crippen molar-refractivity contribution in [3.8, 4) is 0 Å². The van der Waals surface area contributed by atoms with Crippen LogP contribution in [0.1, 0.15) is 39.0 Å². The maximum atomic E-state index is 12.3. The number of amides is 1. The van der Waals surface area contributed by atoms with Crippen LogP contribution in [0.15, 0.2) is 0 Å². The number of hydrogen-bond donors (Lipinski definition) is 1. The first-order chi connectivity index (χ1) is 8.72. The number of carbonyl (C=O) groups excluding carboxylic acids is 1. The Bertz CT molecular complexity index is 268. The van der Waals surface area contributed by atoms with Crippen molar-refractivity contribution in [2.75, 3.05) is 33.2 Å². The third-order valence-corrected chi connectivity index (χ3v) is 4.35. The zero-order valence-corrected chi connectivity index (χ0v) is 11.8. The van der Waals surface area contributed by atoms with Crippen molar-refractivity contribution in [1.29, 1.82) is 0 Å². The second-order valence-electron chi connectivity index (χ2n) is 5.67. The molecule has 1 amide bonds. The second kappa shape index (κ2) is 6.53. The number of nitrogens with zero attached hydrogens (tertiary/aromatic N) is 2. The summed E-state index contributed by atoms with van der Waals surface area (Å²) in [5, 5.41) is 3.30. The molecule has 4 nitrogen and oxygen atoms in total. The first kappa shape index (κ1) is 13.8. The molecule has 4 heteroatoms. The summed E-state index contributed by atoms with van der Waals surface area (Å²) in [5.41, 5.74) is 0. The van der Waals surface area contributed by atoms with E-state index in [4.69, 9.17) is 0 Å². The normalized spacial score (nSPS) is 26.4. The van der Waals surface area contributed by atoms with Gasteiger partial charge in [0, 0.05) is 26.2 Å². The highest BCUT2D eigenvalue weighted by Gasteiger charge is 2.30. The van der Waals surface area contributed by atoms with Crippen LogP contribution in [0.4, 0.5) is 0 Å². The van der Waals surface area contributed by atoms with Gasteiger partial charge in [0.25, 0.3) is 0 Å². The Morgan fingerprint density at radius 1 is 1.33 bits per heavy atom. The Balaban J connectivity index is 1.79. The SMILES string of the molecule is CCCN1CCC(N(C)C(=O)[C@@H]2CCCN2)CC1. The molecule has 0 radical (unpaired) electrons. The number of likely N-dealkylation sites (N-methyl/N-ethyl adjacent to an activating group) is 1. The van der Waals surface area contributed by atoms with Gasteiger partial charge >= 0.3 is 0 Å². The number of rotatable bonds is 4. The Kier molecular flexibility index (Phi) is 5.01. The summed E-state index contributed by atoms with van der Waals surface area (Å²) in [7, 11) is 1.99. The molecule has 0 spiro atoms. The molecule has 0 aromatic rings. The molecule has 104 valence electrons. The molecule has 0 bridgehead atoms. The minimum Gasteiger partial charge on any atom is -0.341 e. The third kappa shape index (κ3) is 3.23. The fourth-order valence-corrected chi connectivity index (χ4v) is 3.17.